The summed E-state index contributed by atoms with van der Waals surface area (Å²) in [6, 6.07) is 12.2. The number of rotatable bonds is 5. The number of para-hydroxylation sites is 2. The summed E-state index contributed by atoms with van der Waals surface area (Å²) in [7, 11) is 2.96. The first-order valence-corrected chi connectivity index (χ1v) is 10.3. The van der Waals surface area contributed by atoms with Gasteiger partial charge in [-0.05, 0) is 31.2 Å². The number of H-pyrrole nitrogens is 2. The number of hydrogen-bond donors (Lipinski definition) is 2. The van der Waals surface area contributed by atoms with Crippen molar-refractivity contribution >= 4 is 28.5 Å². The Morgan fingerprint density at radius 1 is 1.06 bits per heavy atom. The number of carbonyl (C=O) groups excluding carboxylic acids is 2. The third-order valence-electron chi connectivity index (χ3n) is 5.83. The molecule has 2 N–H and O–H groups in total. The maximum atomic E-state index is 13.4. The van der Waals surface area contributed by atoms with Crippen LogP contribution in [0.2, 0.25) is 0 Å². The van der Waals surface area contributed by atoms with E-state index in [1.54, 1.807) is 25.1 Å². The van der Waals surface area contributed by atoms with Gasteiger partial charge in [-0.15, -0.1) is 0 Å². The number of fused-ring (bicyclic) bond motifs is 1. The molecule has 10 nitrogen and oxygen atoms in total. The van der Waals surface area contributed by atoms with E-state index < -0.39 is 23.3 Å². The number of imidazole rings is 1. The second kappa shape index (κ2) is 7.66. The Morgan fingerprint density at radius 2 is 1.85 bits per heavy atom. The topological polar surface area (TPSA) is 122 Å². The SMILES string of the molecule is COc1ccc(N2C(=O)C[C@H](c3c(C)[nH]n(-c4nc5ccccc5[nH]4)c3=O)C2=O)c(OC)c1. The molecule has 33 heavy (non-hydrogen) atoms. The van der Waals surface area contributed by atoms with Crippen LogP contribution >= 0.6 is 0 Å². The minimum Gasteiger partial charge on any atom is -0.497 e. The number of carbonyl (C=O) groups is 2. The van der Waals surface area contributed by atoms with Crippen molar-refractivity contribution in [3.05, 3.63) is 64.1 Å². The number of aryl methyl sites for hydroxylation is 1. The standard InChI is InChI=1S/C23H21N5O5/c1-12-20(22(31)28(26-12)23-24-15-6-4-5-7-16(15)25-23)14-11-19(29)27(21(14)30)17-9-8-13(32-2)10-18(17)33-3/h4-10,14,26H,11H2,1-3H3,(H,24,25)/t14-/m1/s1. The Morgan fingerprint density at radius 3 is 2.58 bits per heavy atom. The molecular formula is C23H21N5O5. The first-order valence-electron chi connectivity index (χ1n) is 10.3. The zero-order valence-corrected chi connectivity index (χ0v) is 18.2. The number of ether oxygens (including phenoxy) is 2. The van der Waals surface area contributed by atoms with E-state index in [1.807, 2.05) is 24.3 Å². The van der Waals surface area contributed by atoms with Crippen LogP contribution in [0.4, 0.5) is 5.69 Å². The number of nitrogens with zero attached hydrogens (tertiary/aromatic N) is 3. The highest BCUT2D eigenvalue weighted by molar-refractivity contribution is 6.23. The van der Waals surface area contributed by atoms with Crippen molar-refractivity contribution in [2.24, 2.45) is 0 Å². The molecule has 1 aliphatic heterocycles. The molecule has 1 atom stereocenters. The molecule has 2 amide bonds. The molecule has 1 aliphatic rings. The van der Waals surface area contributed by atoms with Gasteiger partial charge >= 0.3 is 0 Å². The zero-order valence-electron chi connectivity index (χ0n) is 18.2. The Kier molecular flexibility index (Phi) is 4.77. The predicted molar refractivity (Wildman–Crippen MR) is 120 cm³/mol. The van der Waals surface area contributed by atoms with Gasteiger partial charge < -0.3 is 14.5 Å². The predicted octanol–water partition coefficient (Wildman–Crippen LogP) is 2.41. The molecule has 0 spiro atoms. The largest absolute Gasteiger partial charge is 0.497 e. The zero-order chi connectivity index (χ0) is 23.3. The summed E-state index contributed by atoms with van der Waals surface area (Å²) >= 11 is 0. The van der Waals surface area contributed by atoms with E-state index in [0.29, 0.717) is 34.3 Å². The van der Waals surface area contributed by atoms with Crippen LogP contribution < -0.4 is 19.9 Å². The van der Waals surface area contributed by atoms with Crippen molar-refractivity contribution < 1.29 is 19.1 Å². The Balaban J connectivity index is 1.54. The average molecular weight is 447 g/mol. The van der Waals surface area contributed by atoms with Gasteiger partial charge in [0, 0.05) is 18.2 Å². The molecule has 2 aromatic heterocycles. The first-order chi connectivity index (χ1) is 15.9. The molecular weight excluding hydrogens is 426 g/mol. The second-order valence-electron chi connectivity index (χ2n) is 7.73. The summed E-state index contributed by atoms with van der Waals surface area (Å²) < 4.78 is 11.8. The number of amides is 2. The quantitative estimate of drug-likeness (QED) is 0.453. The second-order valence-corrected chi connectivity index (χ2v) is 7.73. The number of aromatic amines is 2. The lowest BCUT2D eigenvalue weighted by molar-refractivity contribution is -0.121. The summed E-state index contributed by atoms with van der Waals surface area (Å²) in [5, 5.41) is 2.98. The first kappa shape index (κ1) is 20.6. The van der Waals surface area contributed by atoms with Crippen molar-refractivity contribution in [1.29, 1.82) is 0 Å². The summed E-state index contributed by atoms with van der Waals surface area (Å²) in [5.74, 6) is -0.661. The third-order valence-corrected chi connectivity index (χ3v) is 5.83. The van der Waals surface area contributed by atoms with E-state index in [2.05, 4.69) is 15.1 Å². The lowest BCUT2D eigenvalue weighted by atomic mass is 9.98. The molecule has 0 unspecified atom stereocenters. The fourth-order valence-electron chi connectivity index (χ4n) is 4.24. The highest BCUT2D eigenvalue weighted by Gasteiger charge is 2.44. The van der Waals surface area contributed by atoms with Crippen LogP contribution in [0.5, 0.6) is 11.5 Å². The van der Waals surface area contributed by atoms with Gasteiger partial charge in [0.25, 0.3) is 5.56 Å². The monoisotopic (exact) mass is 447 g/mol. The van der Waals surface area contributed by atoms with E-state index in [1.165, 1.54) is 18.9 Å². The van der Waals surface area contributed by atoms with E-state index in [-0.39, 0.29) is 12.0 Å². The van der Waals surface area contributed by atoms with Crippen LogP contribution in [-0.4, -0.2) is 45.8 Å². The van der Waals surface area contributed by atoms with Crippen LogP contribution in [0.1, 0.15) is 23.6 Å². The van der Waals surface area contributed by atoms with Gasteiger partial charge in [-0.1, -0.05) is 12.1 Å². The van der Waals surface area contributed by atoms with Gasteiger partial charge in [-0.2, -0.15) is 4.68 Å². The Bertz CT molecular complexity index is 1430. The van der Waals surface area contributed by atoms with E-state index in [9.17, 15) is 14.4 Å². The summed E-state index contributed by atoms with van der Waals surface area (Å²) in [6.07, 6.45) is -0.123. The van der Waals surface area contributed by atoms with Gasteiger partial charge in [-0.3, -0.25) is 19.5 Å². The molecule has 0 aliphatic carbocycles. The molecule has 10 heteroatoms. The molecule has 1 saturated heterocycles. The van der Waals surface area contributed by atoms with E-state index in [0.717, 1.165) is 10.4 Å². The smallest absolute Gasteiger partial charge is 0.278 e. The van der Waals surface area contributed by atoms with Gasteiger partial charge in [-0.25, -0.2) is 9.88 Å². The van der Waals surface area contributed by atoms with Crippen LogP contribution in [0.15, 0.2) is 47.3 Å². The average Bonchev–Trinajstić information content (AvgIpc) is 3.46. The number of nitrogens with one attached hydrogen (secondary N) is 2. The van der Waals surface area contributed by atoms with Crippen molar-refractivity contribution in [2.45, 2.75) is 19.3 Å². The van der Waals surface area contributed by atoms with Crippen molar-refractivity contribution in [3.63, 3.8) is 0 Å². The number of benzene rings is 2. The van der Waals surface area contributed by atoms with E-state index in [4.69, 9.17) is 9.47 Å². The summed E-state index contributed by atoms with van der Waals surface area (Å²) in [4.78, 5) is 48.2. The number of aromatic nitrogens is 4. The molecule has 5 rings (SSSR count). The third kappa shape index (κ3) is 3.18. The molecule has 2 aromatic carbocycles. The van der Waals surface area contributed by atoms with Gasteiger partial charge in [0.1, 0.15) is 11.5 Å². The van der Waals surface area contributed by atoms with Crippen molar-refractivity contribution in [1.82, 2.24) is 19.7 Å². The highest BCUT2D eigenvalue weighted by Crippen LogP contribution is 2.39. The minimum absolute atomic E-state index is 0.123. The lowest BCUT2D eigenvalue weighted by Gasteiger charge is -2.18. The summed E-state index contributed by atoms with van der Waals surface area (Å²) in [5.41, 5.74) is 2.10. The molecule has 0 radical (unpaired) electrons. The molecule has 0 bridgehead atoms. The van der Waals surface area contributed by atoms with Crippen molar-refractivity contribution in [2.75, 3.05) is 19.1 Å². The fourth-order valence-corrected chi connectivity index (χ4v) is 4.24. The maximum absolute atomic E-state index is 13.4. The van der Waals surface area contributed by atoms with E-state index >= 15 is 0 Å². The minimum atomic E-state index is -0.918. The van der Waals surface area contributed by atoms with Crippen LogP contribution in [0.3, 0.4) is 0 Å². The number of hydrogen-bond acceptors (Lipinski definition) is 6. The van der Waals surface area contributed by atoms with Crippen LogP contribution in [0, 0.1) is 6.92 Å². The Labute approximate surface area is 187 Å². The molecule has 3 heterocycles. The molecule has 1 fully saturated rings. The fraction of sp³-hybridized carbons (Fsp3) is 0.217. The molecule has 4 aromatic rings. The maximum Gasteiger partial charge on any atom is 0.278 e. The number of anilines is 1. The van der Waals surface area contributed by atoms with Crippen LogP contribution in [0.25, 0.3) is 17.0 Å². The molecule has 168 valence electrons. The lowest BCUT2D eigenvalue weighted by Crippen LogP contribution is -2.31. The summed E-state index contributed by atoms with van der Waals surface area (Å²) in [6.45, 7) is 1.70. The van der Waals surface area contributed by atoms with Crippen molar-refractivity contribution in [3.8, 4) is 17.4 Å². The number of methoxy groups -OCH3 is 2. The molecule has 0 saturated carbocycles. The van der Waals surface area contributed by atoms with Gasteiger partial charge in [0.05, 0.1) is 42.4 Å². The van der Waals surface area contributed by atoms with Gasteiger partial charge in [0.2, 0.25) is 17.8 Å². The normalized spacial score (nSPS) is 16.1. The van der Waals surface area contributed by atoms with Gasteiger partial charge in [0.15, 0.2) is 0 Å². The number of imide groups is 1. The Hall–Kier alpha value is -4.34. The highest BCUT2D eigenvalue weighted by atomic mass is 16.5. The van der Waals surface area contributed by atoms with Crippen LogP contribution in [-0.2, 0) is 9.59 Å².